The number of ether oxygens (including phenoxy) is 1. The molecule has 118 valence electrons. The van der Waals surface area contributed by atoms with Crippen molar-refractivity contribution in [3.05, 3.63) is 11.7 Å². The zero-order chi connectivity index (χ0) is 14.7. The van der Waals surface area contributed by atoms with Crippen molar-refractivity contribution >= 4 is 0 Å². The van der Waals surface area contributed by atoms with Crippen LogP contribution in [0.25, 0.3) is 0 Å². The van der Waals surface area contributed by atoms with Crippen LogP contribution in [0.1, 0.15) is 63.1 Å². The Morgan fingerprint density at radius 2 is 2.00 bits per heavy atom. The average molecular weight is 293 g/mol. The van der Waals surface area contributed by atoms with Crippen molar-refractivity contribution in [1.82, 2.24) is 15.5 Å². The molecular formula is C16H27N3O2. The van der Waals surface area contributed by atoms with E-state index in [1.165, 1.54) is 38.5 Å². The summed E-state index contributed by atoms with van der Waals surface area (Å²) in [5.74, 6) is 2.15. The molecule has 0 aromatic carbocycles. The fourth-order valence-corrected chi connectivity index (χ4v) is 4.04. The molecule has 2 atom stereocenters. The number of aromatic nitrogens is 2. The van der Waals surface area contributed by atoms with E-state index in [2.05, 4.69) is 22.5 Å². The third-order valence-electron chi connectivity index (χ3n) is 5.39. The van der Waals surface area contributed by atoms with Gasteiger partial charge in [-0.05, 0) is 51.5 Å². The lowest BCUT2D eigenvalue weighted by molar-refractivity contribution is -0.0178. The van der Waals surface area contributed by atoms with E-state index in [0.29, 0.717) is 12.0 Å². The van der Waals surface area contributed by atoms with Crippen LogP contribution in [0.4, 0.5) is 0 Å². The Morgan fingerprint density at radius 1 is 1.24 bits per heavy atom. The predicted molar refractivity (Wildman–Crippen MR) is 80.0 cm³/mol. The van der Waals surface area contributed by atoms with E-state index in [1.54, 1.807) is 7.11 Å². The number of nitrogens with one attached hydrogen (secondary N) is 1. The van der Waals surface area contributed by atoms with Crippen molar-refractivity contribution in [2.24, 2.45) is 5.92 Å². The van der Waals surface area contributed by atoms with E-state index in [0.717, 1.165) is 31.0 Å². The van der Waals surface area contributed by atoms with Crippen LogP contribution in [-0.4, -0.2) is 30.3 Å². The molecule has 1 aromatic heterocycles. The van der Waals surface area contributed by atoms with Gasteiger partial charge in [-0.2, -0.15) is 4.98 Å². The molecule has 1 heterocycles. The highest BCUT2D eigenvalue weighted by Crippen LogP contribution is 2.40. The Hall–Kier alpha value is -0.940. The number of hydrogen-bond donors (Lipinski definition) is 1. The molecule has 2 aliphatic carbocycles. The van der Waals surface area contributed by atoms with Gasteiger partial charge in [-0.15, -0.1) is 0 Å². The van der Waals surface area contributed by atoms with E-state index in [-0.39, 0.29) is 5.60 Å². The van der Waals surface area contributed by atoms with Crippen LogP contribution in [-0.2, 0) is 16.8 Å². The fourth-order valence-electron chi connectivity index (χ4n) is 4.04. The first-order chi connectivity index (χ1) is 10.3. The zero-order valence-electron chi connectivity index (χ0n) is 13.2. The quantitative estimate of drug-likeness (QED) is 0.904. The Balaban J connectivity index is 1.70. The number of nitrogens with zero attached hydrogens (tertiary/aromatic N) is 2. The Morgan fingerprint density at radius 3 is 2.71 bits per heavy atom. The largest absolute Gasteiger partial charge is 0.370 e. The first kappa shape index (κ1) is 15.0. The van der Waals surface area contributed by atoms with Crippen LogP contribution < -0.4 is 5.32 Å². The maximum absolute atomic E-state index is 5.73. The molecule has 0 radical (unpaired) electrons. The highest BCUT2D eigenvalue weighted by Gasteiger charge is 2.40. The molecule has 3 rings (SSSR count). The third kappa shape index (κ3) is 2.99. The number of methoxy groups -OCH3 is 1. The summed E-state index contributed by atoms with van der Waals surface area (Å²) in [6.45, 7) is 0. The maximum atomic E-state index is 5.73. The van der Waals surface area contributed by atoms with Gasteiger partial charge in [0, 0.05) is 19.6 Å². The van der Waals surface area contributed by atoms with Gasteiger partial charge in [-0.3, -0.25) is 0 Å². The number of rotatable bonds is 5. The van der Waals surface area contributed by atoms with Crippen LogP contribution in [0.3, 0.4) is 0 Å². The Labute approximate surface area is 126 Å². The van der Waals surface area contributed by atoms with E-state index < -0.39 is 0 Å². The first-order valence-corrected chi connectivity index (χ1v) is 8.33. The van der Waals surface area contributed by atoms with Crippen molar-refractivity contribution in [3.63, 3.8) is 0 Å². The minimum absolute atomic E-state index is 0.295. The minimum Gasteiger partial charge on any atom is -0.370 e. The summed E-state index contributed by atoms with van der Waals surface area (Å²) in [5.41, 5.74) is -0.295. The third-order valence-corrected chi connectivity index (χ3v) is 5.39. The van der Waals surface area contributed by atoms with Gasteiger partial charge < -0.3 is 14.6 Å². The molecule has 21 heavy (non-hydrogen) atoms. The van der Waals surface area contributed by atoms with E-state index >= 15 is 0 Å². The standard InChI is InChI=1S/C16H27N3O2/c1-17-13-8-4-3-7-12(13)11-14-18-15(19-21-14)16(20-2)9-5-6-10-16/h12-13,17H,3-11H2,1-2H3. The minimum atomic E-state index is -0.295. The molecule has 5 heteroatoms. The summed E-state index contributed by atoms with van der Waals surface area (Å²) in [6.07, 6.45) is 10.4. The molecule has 2 unspecified atom stereocenters. The van der Waals surface area contributed by atoms with Gasteiger partial charge in [0.15, 0.2) is 0 Å². The van der Waals surface area contributed by atoms with Gasteiger partial charge >= 0.3 is 0 Å². The summed E-state index contributed by atoms with van der Waals surface area (Å²) < 4.78 is 11.3. The molecule has 0 spiro atoms. The second-order valence-electron chi connectivity index (χ2n) is 6.56. The summed E-state index contributed by atoms with van der Waals surface area (Å²) in [4.78, 5) is 4.67. The van der Waals surface area contributed by atoms with Gasteiger partial charge in [0.05, 0.1) is 0 Å². The summed E-state index contributed by atoms with van der Waals surface area (Å²) in [7, 11) is 3.82. The second kappa shape index (κ2) is 6.44. The SMILES string of the molecule is CNC1CCCCC1Cc1nc(C2(OC)CCCC2)no1. The normalized spacial score (nSPS) is 28.9. The van der Waals surface area contributed by atoms with Crippen molar-refractivity contribution in [2.45, 2.75) is 69.4 Å². The van der Waals surface area contributed by atoms with Gasteiger partial charge in [-0.25, -0.2) is 0 Å². The summed E-state index contributed by atoms with van der Waals surface area (Å²) >= 11 is 0. The molecule has 1 N–H and O–H groups in total. The van der Waals surface area contributed by atoms with E-state index in [9.17, 15) is 0 Å². The zero-order valence-corrected chi connectivity index (χ0v) is 13.2. The lowest BCUT2D eigenvalue weighted by Gasteiger charge is -2.30. The molecule has 0 amide bonds. The van der Waals surface area contributed by atoms with Crippen LogP contribution in [0, 0.1) is 5.92 Å². The highest BCUT2D eigenvalue weighted by atomic mass is 16.5. The van der Waals surface area contributed by atoms with Crippen LogP contribution in [0.5, 0.6) is 0 Å². The van der Waals surface area contributed by atoms with E-state index in [1.807, 2.05) is 0 Å². The van der Waals surface area contributed by atoms with Crippen LogP contribution >= 0.6 is 0 Å². The first-order valence-electron chi connectivity index (χ1n) is 8.33. The van der Waals surface area contributed by atoms with Gasteiger partial charge in [-0.1, -0.05) is 18.0 Å². The van der Waals surface area contributed by atoms with Crippen LogP contribution in [0.2, 0.25) is 0 Å². The Bertz CT molecular complexity index is 454. The molecule has 0 bridgehead atoms. The highest BCUT2D eigenvalue weighted by molar-refractivity contribution is 5.05. The molecule has 0 aliphatic heterocycles. The Kier molecular flexibility index (Phi) is 4.60. The molecular weight excluding hydrogens is 266 g/mol. The molecule has 0 saturated heterocycles. The average Bonchev–Trinajstić information content (AvgIpc) is 3.17. The van der Waals surface area contributed by atoms with E-state index in [4.69, 9.17) is 9.26 Å². The summed E-state index contributed by atoms with van der Waals surface area (Å²) in [5, 5.41) is 7.67. The van der Waals surface area contributed by atoms with Crippen molar-refractivity contribution < 1.29 is 9.26 Å². The molecule has 1 aromatic rings. The predicted octanol–water partition coefficient (Wildman–Crippen LogP) is 2.81. The van der Waals surface area contributed by atoms with Crippen LogP contribution in [0.15, 0.2) is 4.52 Å². The topological polar surface area (TPSA) is 60.2 Å². The maximum Gasteiger partial charge on any atom is 0.227 e. The smallest absolute Gasteiger partial charge is 0.227 e. The van der Waals surface area contributed by atoms with Gasteiger partial charge in [0.2, 0.25) is 11.7 Å². The molecule has 2 saturated carbocycles. The summed E-state index contributed by atoms with van der Waals surface area (Å²) in [6, 6.07) is 0.581. The monoisotopic (exact) mass is 293 g/mol. The second-order valence-corrected chi connectivity index (χ2v) is 6.56. The molecule has 2 aliphatic rings. The lowest BCUT2D eigenvalue weighted by atomic mass is 9.82. The van der Waals surface area contributed by atoms with Gasteiger partial charge in [0.25, 0.3) is 0 Å². The van der Waals surface area contributed by atoms with Crippen molar-refractivity contribution in [3.8, 4) is 0 Å². The van der Waals surface area contributed by atoms with Crippen molar-refractivity contribution in [1.29, 1.82) is 0 Å². The lowest BCUT2D eigenvalue weighted by Crippen LogP contribution is -2.37. The van der Waals surface area contributed by atoms with Gasteiger partial charge in [0.1, 0.15) is 5.60 Å². The van der Waals surface area contributed by atoms with Crippen molar-refractivity contribution in [2.75, 3.05) is 14.2 Å². The molecule has 2 fully saturated rings. The fraction of sp³-hybridized carbons (Fsp3) is 0.875. The molecule has 5 nitrogen and oxygen atoms in total. The number of hydrogen-bond acceptors (Lipinski definition) is 5.